The number of ether oxygens (including phenoxy) is 2. The van der Waals surface area contributed by atoms with Crippen LogP contribution in [0, 0.1) is 0 Å². The van der Waals surface area contributed by atoms with Gasteiger partial charge in [0.2, 0.25) is 0 Å². The van der Waals surface area contributed by atoms with Crippen molar-refractivity contribution in [1.29, 1.82) is 0 Å². The van der Waals surface area contributed by atoms with Gasteiger partial charge in [-0.05, 0) is 89.9 Å². The molecule has 0 aromatic heterocycles. The molecule has 10 heteroatoms. The van der Waals surface area contributed by atoms with E-state index < -0.39 is 32.5 Å². The molecule has 0 heterocycles. The molecule has 0 bridgehead atoms. The first-order valence-electron chi connectivity index (χ1n) is 25.9. The molecule has 0 fully saturated rings. The van der Waals surface area contributed by atoms with Crippen LogP contribution in [0.25, 0.3) is 0 Å². The second kappa shape index (κ2) is 47.0. The lowest BCUT2D eigenvalue weighted by atomic mass is 10.0. The van der Waals surface area contributed by atoms with E-state index in [-0.39, 0.29) is 26.1 Å². The molecule has 0 aliphatic carbocycles. The first-order chi connectivity index (χ1) is 32.0. The molecular formula is C56H96NO8P. The maximum Gasteiger partial charge on any atom is 0.306 e. The minimum atomic E-state index is -4.64. The fraction of sp³-hybridized carbons (Fsp3) is 0.679. The van der Waals surface area contributed by atoms with Crippen molar-refractivity contribution in [3.63, 3.8) is 0 Å². The summed E-state index contributed by atoms with van der Waals surface area (Å²) in [4.78, 5) is 37.7. The summed E-state index contributed by atoms with van der Waals surface area (Å²) in [5, 5.41) is 0. The Labute approximate surface area is 404 Å². The molecule has 0 saturated heterocycles. The van der Waals surface area contributed by atoms with Crippen molar-refractivity contribution in [3.05, 3.63) is 97.2 Å². The Hall–Kier alpha value is -3.07. The minimum Gasteiger partial charge on any atom is -0.756 e. The number of rotatable bonds is 46. The SMILES string of the molecule is CC/C=C\C/C=C\C/C=C\C/C=C\C/C=C\C/C=C\CCCCCCCCCCCCC(=O)OC(COC(=O)CCCCCCC/C=C\C/C=C\CCC)COP(=O)([O-])OCC[N+](C)(C)C. The number of quaternary nitrogens is 1. The Morgan fingerprint density at radius 2 is 0.864 bits per heavy atom. The highest BCUT2D eigenvalue weighted by Crippen LogP contribution is 2.38. The van der Waals surface area contributed by atoms with E-state index >= 15 is 0 Å². The van der Waals surface area contributed by atoms with Crippen molar-refractivity contribution in [2.75, 3.05) is 47.5 Å². The molecule has 66 heavy (non-hydrogen) atoms. The first-order valence-corrected chi connectivity index (χ1v) is 27.4. The zero-order valence-electron chi connectivity index (χ0n) is 42.6. The van der Waals surface area contributed by atoms with Gasteiger partial charge < -0.3 is 27.9 Å². The third-order valence-electron chi connectivity index (χ3n) is 10.6. The molecule has 0 aliphatic heterocycles. The van der Waals surface area contributed by atoms with E-state index in [2.05, 4.69) is 111 Å². The Balaban J connectivity index is 4.20. The number of phosphoric ester groups is 1. The average Bonchev–Trinajstić information content (AvgIpc) is 3.27. The second-order valence-electron chi connectivity index (χ2n) is 18.1. The highest BCUT2D eigenvalue weighted by Gasteiger charge is 2.21. The van der Waals surface area contributed by atoms with E-state index in [1.54, 1.807) is 0 Å². The number of allylic oxidation sites excluding steroid dienone is 16. The largest absolute Gasteiger partial charge is 0.756 e. The van der Waals surface area contributed by atoms with Crippen molar-refractivity contribution in [2.45, 2.75) is 200 Å². The van der Waals surface area contributed by atoms with Gasteiger partial charge >= 0.3 is 11.9 Å². The van der Waals surface area contributed by atoms with Crippen molar-refractivity contribution in [3.8, 4) is 0 Å². The van der Waals surface area contributed by atoms with Gasteiger partial charge in [0.25, 0.3) is 7.82 Å². The van der Waals surface area contributed by atoms with Gasteiger partial charge in [0.1, 0.15) is 19.8 Å². The summed E-state index contributed by atoms with van der Waals surface area (Å²) >= 11 is 0. The Kier molecular flexibility index (Phi) is 44.8. The molecule has 378 valence electrons. The summed E-state index contributed by atoms with van der Waals surface area (Å²) in [6.07, 6.45) is 63.0. The summed E-state index contributed by atoms with van der Waals surface area (Å²) in [6, 6.07) is 0. The molecule has 0 saturated carbocycles. The number of unbranched alkanes of at least 4 members (excludes halogenated alkanes) is 16. The lowest BCUT2D eigenvalue weighted by Gasteiger charge is -2.28. The van der Waals surface area contributed by atoms with Gasteiger partial charge in [-0.3, -0.25) is 14.2 Å². The molecular weight excluding hydrogens is 846 g/mol. The van der Waals surface area contributed by atoms with Crippen LogP contribution in [-0.4, -0.2) is 70.0 Å². The summed E-state index contributed by atoms with van der Waals surface area (Å²) in [6.45, 7) is 4.02. The van der Waals surface area contributed by atoms with Gasteiger partial charge in [0, 0.05) is 12.8 Å². The van der Waals surface area contributed by atoms with E-state index in [1.807, 2.05) is 21.1 Å². The Morgan fingerprint density at radius 3 is 1.29 bits per heavy atom. The molecule has 0 amide bonds. The van der Waals surface area contributed by atoms with Crippen LogP contribution in [0.5, 0.6) is 0 Å². The highest BCUT2D eigenvalue weighted by atomic mass is 31.2. The van der Waals surface area contributed by atoms with Crippen LogP contribution in [0.15, 0.2) is 97.2 Å². The summed E-state index contributed by atoms with van der Waals surface area (Å²) < 4.78 is 34.0. The van der Waals surface area contributed by atoms with Gasteiger partial charge in [0.05, 0.1) is 27.7 Å². The van der Waals surface area contributed by atoms with Crippen molar-refractivity contribution < 1.29 is 42.1 Å². The zero-order valence-corrected chi connectivity index (χ0v) is 43.5. The number of likely N-dealkylation sites (N-methyl/N-ethyl adjacent to an activating group) is 1. The van der Waals surface area contributed by atoms with Crippen LogP contribution in [0.2, 0.25) is 0 Å². The quantitative estimate of drug-likeness (QED) is 0.0195. The zero-order chi connectivity index (χ0) is 48.5. The van der Waals surface area contributed by atoms with Crippen molar-refractivity contribution in [1.82, 2.24) is 0 Å². The van der Waals surface area contributed by atoms with E-state index in [0.717, 1.165) is 109 Å². The first kappa shape index (κ1) is 62.9. The van der Waals surface area contributed by atoms with Gasteiger partial charge in [0.15, 0.2) is 6.10 Å². The number of esters is 2. The lowest BCUT2D eigenvalue weighted by molar-refractivity contribution is -0.870. The second-order valence-corrected chi connectivity index (χ2v) is 19.6. The van der Waals surface area contributed by atoms with Gasteiger partial charge in [-0.2, -0.15) is 0 Å². The van der Waals surface area contributed by atoms with E-state index in [0.29, 0.717) is 23.9 Å². The third-order valence-corrected chi connectivity index (χ3v) is 11.5. The van der Waals surface area contributed by atoms with E-state index in [1.165, 1.54) is 44.9 Å². The summed E-state index contributed by atoms with van der Waals surface area (Å²) in [5.41, 5.74) is 0. The molecule has 2 unspecified atom stereocenters. The average molecular weight is 942 g/mol. The molecule has 0 aliphatic rings. The molecule has 0 aromatic rings. The van der Waals surface area contributed by atoms with Crippen molar-refractivity contribution in [2.24, 2.45) is 0 Å². The maximum atomic E-state index is 12.7. The van der Waals surface area contributed by atoms with Gasteiger partial charge in [-0.15, -0.1) is 0 Å². The number of hydrogen-bond acceptors (Lipinski definition) is 8. The van der Waals surface area contributed by atoms with Crippen LogP contribution >= 0.6 is 7.82 Å². The Bertz CT molecular complexity index is 1440. The summed E-state index contributed by atoms with van der Waals surface area (Å²) in [7, 11) is 1.14. The lowest BCUT2D eigenvalue weighted by Crippen LogP contribution is -2.37. The molecule has 0 spiro atoms. The minimum absolute atomic E-state index is 0.0388. The molecule has 0 aromatic carbocycles. The molecule has 0 rings (SSSR count). The molecule has 0 radical (unpaired) electrons. The number of carbonyl (C=O) groups excluding carboxylic acids is 2. The van der Waals surface area contributed by atoms with Crippen LogP contribution in [0.1, 0.15) is 194 Å². The fourth-order valence-corrected chi connectivity index (χ4v) is 7.31. The predicted molar refractivity (Wildman–Crippen MR) is 277 cm³/mol. The smallest absolute Gasteiger partial charge is 0.306 e. The number of nitrogens with zero attached hydrogens (tertiary/aromatic N) is 1. The van der Waals surface area contributed by atoms with Gasteiger partial charge in [-0.25, -0.2) is 0 Å². The van der Waals surface area contributed by atoms with Crippen LogP contribution in [0.4, 0.5) is 0 Å². The third kappa shape index (κ3) is 50.3. The highest BCUT2D eigenvalue weighted by molar-refractivity contribution is 7.45. The molecule has 9 nitrogen and oxygen atoms in total. The van der Waals surface area contributed by atoms with Gasteiger partial charge in [-0.1, -0.05) is 188 Å². The monoisotopic (exact) mass is 942 g/mol. The van der Waals surface area contributed by atoms with Crippen LogP contribution in [0.3, 0.4) is 0 Å². The maximum absolute atomic E-state index is 12.7. The standard InChI is InChI=1S/C56H96NO8P/c1-6-8-10-12-14-16-18-20-21-22-23-24-25-26-27-28-29-30-31-32-33-34-35-37-39-41-43-45-47-49-56(59)65-54(53-64-66(60,61)63-51-50-57(3,4)5)52-62-55(58)48-46-44-42-40-38-36-19-17-15-13-11-9-7-2/h8,10-11,13-14,16-17,19-21,23-24,26-27,29-30,54H,6-7,9,12,15,18,22,25,28,31-53H2,1-5H3/b10-8-,13-11-,16-14-,19-17-,21-20-,24-23-,27-26-,30-29-. The van der Waals surface area contributed by atoms with Crippen LogP contribution < -0.4 is 4.89 Å². The number of hydrogen-bond donors (Lipinski definition) is 0. The number of phosphoric acid groups is 1. The predicted octanol–water partition coefficient (Wildman–Crippen LogP) is 15.1. The fourth-order valence-electron chi connectivity index (χ4n) is 6.58. The topological polar surface area (TPSA) is 111 Å². The van der Waals surface area contributed by atoms with Crippen molar-refractivity contribution >= 4 is 19.8 Å². The van der Waals surface area contributed by atoms with E-state index in [9.17, 15) is 19.0 Å². The molecule has 0 N–H and O–H groups in total. The Morgan fingerprint density at radius 1 is 0.485 bits per heavy atom. The number of carbonyl (C=O) groups is 2. The van der Waals surface area contributed by atoms with E-state index in [4.69, 9.17) is 18.5 Å². The summed E-state index contributed by atoms with van der Waals surface area (Å²) in [5.74, 6) is -0.862. The molecule has 2 atom stereocenters. The van der Waals surface area contributed by atoms with Crippen LogP contribution in [-0.2, 0) is 32.7 Å². The normalized spacial score (nSPS) is 14.2.